The van der Waals surface area contributed by atoms with Crippen molar-refractivity contribution in [3.63, 3.8) is 0 Å². The van der Waals surface area contributed by atoms with Gasteiger partial charge in [0.2, 0.25) is 0 Å². The van der Waals surface area contributed by atoms with Gasteiger partial charge < -0.3 is 5.11 Å². The molecular weight excluding hydrogens is 244 g/mol. The van der Waals surface area contributed by atoms with E-state index in [2.05, 4.69) is 51.1 Å². The number of hydrogen-bond donors (Lipinski definition) is 1. The van der Waals surface area contributed by atoms with Crippen LogP contribution in [0.4, 0.5) is 0 Å². The Morgan fingerprint density at radius 2 is 1.55 bits per heavy atom. The van der Waals surface area contributed by atoms with E-state index in [1.807, 2.05) is 18.2 Å². The van der Waals surface area contributed by atoms with Crippen LogP contribution in [-0.2, 0) is 12.8 Å². The third-order valence-corrected chi connectivity index (χ3v) is 3.49. The summed E-state index contributed by atoms with van der Waals surface area (Å²) in [5.41, 5.74) is 4.75. The number of hydrogen-bond acceptors (Lipinski definition) is 1. The molecule has 1 atom stereocenters. The summed E-state index contributed by atoms with van der Waals surface area (Å²) in [6.07, 6.45) is 1.31. The first-order valence-electron chi connectivity index (χ1n) is 7.37. The molecule has 0 fully saturated rings. The average Bonchev–Trinajstić information content (AvgIpc) is 2.38. The lowest BCUT2D eigenvalue weighted by atomic mass is 9.96. The molecule has 20 heavy (non-hydrogen) atoms. The first-order valence-corrected chi connectivity index (χ1v) is 7.37. The van der Waals surface area contributed by atoms with Gasteiger partial charge in [0.25, 0.3) is 0 Å². The molecule has 1 nitrogen and oxygen atoms in total. The molecule has 2 aromatic rings. The predicted octanol–water partition coefficient (Wildman–Crippen LogP) is 4.47. The fraction of sp³-hybridized carbons (Fsp3) is 0.368. The van der Waals surface area contributed by atoms with E-state index in [0.717, 1.165) is 12.0 Å². The second-order valence-electron chi connectivity index (χ2n) is 6.05. The van der Waals surface area contributed by atoms with Gasteiger partial charge in [0, 0.05) is 6.42 Å². The molecule has 0 saturated carbocycles. The van der Waals surface area contributed by atoms with E-state index in [0.29, 0.717) is 12.3 Å². The van der Waals surface area contributed by atoms with Gasteiger partial charge in [-0.15, -0.1) is 0 Å². The molecule has 1 unspecified atom stereocenters. The van der Waals surface area contributed by atoms with Crippen LogP contribution < -0.4 is 0 Å². The molecule has 0 bridgehead atoms. The lowest BCUT2D eigenvalue weighted by Gasteiger charge is -2.14. The van der Waals surface area contributed by atoms with Gasteiger partial charge in [-0.2, -0.15) is 0 Å². The Morgan fingerprint density at radius 3 is 2.20 bits per heavy atom. The topological polar surface area (TPSA) is 20.2 Å². The summed E-state index contributed by atoms with van der Waals surface area (Å²) in [4.78, 5) is 0. The van der Waals surface area contributed by atoms with E-state index in [4.69, 9.17) is 0 Å². The monoisotopic (exact) mass is 268 g/mol. The van der Waals surface area contributed by atoms with E-state index in [9.17, 15) is 5.11 Å². The lowest BCUT2D eigenvalue weighted by Crippen LogP contribution is -2.03. The van der Waals surface area contributed by atoms with Crippen LogP contribution in [0.5, 0.6) is 0 Å². The lowest BCUT2D eigenvalue weighted by molar-refractivity contribution is 0.178. The largest absolute Gasteiger partial charge is 0.388 e. The third-order valence-electron chi connectivity index (χ3n) is 3.49. The zero-order chi connectivity index (χ0) is 14.5. The predicted molar refractivity (Wildman–Crippen MR) is 84.8 cm³/mol. The fourth-order valence-corrected chi connectivity index (χ4v) is 2.58. The highest BCUT2D eigenvalue weighted by atomic mass is 16.3. The second-order valence-corrected chi connectivity index (χ2v) is 6.05. The molecule has 2 rings (SSSR count). The molecule has 0 aliphatic carbocycles. The molecule has 0 aromatic heterocycles. The van der Waals surface area contributed by atoms with Crippen molar-refractivity contribution in [3.05, 3.63) is 70.8 Å². The van der Waals surface area contributed by atoms with Crippen LogP contribution in [0, 0.1) is 12.8 Å². The van der Waals surface area contributed by atoms with Gasteiger partial charge >= 0.3 is 0 Å². The summed E-state index contributed by atoms with van der Waals surface area (Å²) in [6.45, 7) is 6.52. The maximum Gasteiger partial charge on any atom is 0.0830 e. The van der Waals surface area contributed by atoms with Crippen LogP contribution in [-0.4, -0.2) is 5.11 Å². The number of aliphatic hydroxyl groups excluding tert-OH is 1. The Hall–Kier alpha value is -1.60. The molecule has 0 aliphatic heterocycles. The first kappa shape index (κ1) is 14.8. The second kappa shape index (κ2) is 6.71. The van der Waals surface area contributed by atoms with E-state index >= 15 is 0 Å². The highest BCUT2D eigenvalue weighted by Gasteiger charge is 2.09. The number of aliphatic hydroxyl groups is 1. The van der Waals surface area contributed by atoms with Gasteiger partial charge in [-0.3, -0.25) is 0 Å². The van der Waals surface area contributed by atoms with Gasteiger partial charge in [-0.25, -0.2) is 0 Å². The number of benzene rings is 2. The van der Waals surface area contributed by atoms with Crippen molar-refractivity contribution in [1.82, 2.24) is 0 Å². The Bertz CT molecular complexity index is 557. The van der Waals surface area contributed by atoms with Crippen LogP contribution in [0.3, 0.4) is 0 Å². The van der Waals surface area contributed by atoms with Gasteiger partial charge in [0.15, 0.2) is 0 Å². The quantitative estimate of drug-likeness (QED) is 0.848. The SMILES string of the molecule is Cc1cccc(CC(O)c2cccc(CC(C)C)c2)c1. The smallest absolute Gasteiger partial charge is 0.0830 e. The summed E-state index contributed by atoms with van der Waals surface area (Å²) in [6, 6.07) is 16.7. The molecule has 0 aliphatic rings. The molecular formula is C19H24O. The molecule has 0 heterocycles. The van der Waals surface area contributed by atoms with Crippen LogP contribution in [0.1, 0.15) is 42.2 Å². The van der Waals surface area contributed by atoms with Gasteiger partial charge in [-0.05, 0) is 36.0 Å². The van der Waals surface area contributed by atoms with Crippen molar-refractivity contribution >= 4 is 0 Å². The van der Waals surface area contributed by atoms with Crippen LogP contribution in [0.2, 0.25) is 0 Å². The Balaban J connectivity index is 2.10. The van der Waals surface area contributed by atoms with Crippen LogP contribution in [0.15, 0.2) is 48.5 Å². The van der Waals surface area contributed by atoms with Crippen molar-refractivity contribution in [2.24, 2.45) is 5.92 Å². The average molecular weight is 268 g/mol. The van der Waals surface area contributed by atoms with Crippen LogP contribution in [0.25, 0.3) is 0 Å². The van der Waals surface area contributed by atoms with Gasteiger partial charge in [0.1, 0.15) is 0 Å². The molecule has 106 valence electrons. The summed E-state index contributed by atoms with van der Waals surface area (Å²) >= 11 is 0. The number of aryl methyl sites for hydroxylation is 1. The molecule has 0 amide bonds. The molecule has 1 N–H and O–H groups in total. The highest BCUT2D eigenvalue weighted by Crippen LogP contribution is 2.21. The minimum atomic E-state index is -0.427. The summed E-state index contributed by atoms with van der Waals surface area (Å²) in [7, 11) is 0. The van der Waals surface area contributed by atoms with Crippen molar-refractivity contribution in [1.29, 1.82) is 0 Å². The third kappa shape index (κ3) is 4.21. The summed E-state index contributed by atoms with van der Waals surface area (Å²) in [5.74, 6) is 0.638. The van der Waals surface area contributed by atoms with Gasteiger partial charge in [-0.1, -0.05) is 67.9 Å². The number of rotatable bonds is 5. The normalized spacial score (nSPS) is 12.7. The maximum absolute atomic E-state index is 10.4. The first-order chi connectivity index (χ1) is 9.54. The molecule has 0 saturated heterocycles. The Morgan fingerprint density at radius 1 is 0.900 bits per heavy atom. The van der Waals surface area contributed by atoms with E-state index < -0.39 is 6.10 Å². The highest BCUT2D eigenvalue weighted by molar-refractivity contribution is 5.28. The summed E-state index contributed by atoms with van der Waals surface area (Å²) in [5, 5.41) is 10.4. The Kier molecular flexibility index (Phi) is 4.97. The fourth-order valence-electron chi connectivity index (χ4n) is 2.58. The minimum Gasteiger partial charge on any atom is -0.388 e. The van der Waals surface area contributed by atoms with Crippen LogP contribution >= 0.6 is 0 Å². The van der Waals surface area contributed by atoms with Gasteiger partial charge in [0.05, 0.1) is 6.10 Å². The Labute approximate surface area is 122 Å². The zero-order valence-electron chi connectivity index (χ0n) is 12.6. The molecule has 0 radical (unpaired) electrons. The summed E-state index contributed by atoms with van der Waals surface area (Å²) < 4.78 is 0. The van der Waals surface area contributed by atoms with Crippen molar-refractivity contribution in [3.8, 4) is 0 Å². The molecule has 1 heteroatoms. The van der Waals surface area contributed by atoms with Crippen molar-refractivity contribution in [2.45, 2.75) is 39.7 Å². The van der Waals surface area contributed by atoms with E-state index in [1.165, 1.54) is 16.7 Å². The van der Waals surface area contributed by atoms with Crippen molar-refractivity contribution < 1.29 is 5.11 Å². The van der Waals surface area contributed by atoms with Crippen molar-refractivity contribution in [2.75, 3.05) is 0 Å². The standard InChI is InChI=1S/C19H24O/c1-14(2)10-16-8-5-9-18(12-16)19(20)13-17-7-4-6-15(3)11-17/h4-9,11-12,14,19-20H,10,13H2,1-3H3. The molecule has 2 aromatic carbocycles. The maximum atomic E-state index is 10.4. The van der Waals surface area contributed by atoms with E-state index in [-0.39, 0.29) is 0 Å². The minimum absolute atomic E-state index is 0.427. The molecule has 0 spiro atoms. The van der Waals surface area contributed by atoms with E-state index in [1.54, 1.807) is 0 Å². The zero-order valence-corrected chi connectivity index (χ0v) is 12.6.